The van der Waals surface area contributed by atoms with Crippen LogP contribution in [-0.4, -0.2) is 25.9 Å². The van der Waals surface area contributed by atoms with Gasteiger partial charge in [0.2, 0.25) is 5.91 Å². The molecule has 1 N–H and O–H groups in total. The third-order valence-corrected chi connectivity index (χ3v) is 5.03. The maximum absolute atomic E-state index is 13.1. The van der Waals surface area contributed by atoms with E-state index in [4.69, 9.17) is 0 Å². The lowest BCUT2D eigenvalue weighted by Gasteiger charge is -2.11. The smallest absolute Gasteiger partial charge is 0.233 e. The van der Waals surface area contributed by atoms with Crippen molar-refractivity contribution >= 4 is 17.7 Å². The van der Waals surface area contributed by atoms with Gasteiger partial charge in [-0.3, -0.25) is 4.79 Å². The molecule has 1 amide bonds. The molecule has 0 radical (unpaired) electrons. The van der Waals surface area contributed by atoms with Crippen molar-refractivity contribution in [1.29, 1.82) is 0 Å². The van der Waals surface area contributed by atoms with Crippen molar-refractivity contribution < 1.29 is 9.18 Å². The van der Waals surface area contributed by atoms with Gasteiger partial charge in [0.15, 0.2) is 11.0 Å². The van der Waals surface area contributed by atoms with Crippen molar-refractivity contribution in [3.8, 4) is 11.4 Å². The van der Waals surface area contributed by atoms with Gasteiger partial charge in [0.25, 0.3) is 0 Å². The molecule has 0 saturated carbocycles. The topological polar surface area (TPSA) is 59.8 Å². The van der Waals surface area contributed by atoms with Crippen molar-refractivity contribution in [2.75, 3.05) is 0 Å². The molecular weight excluding hydrogens is 351 g/mol. The molecule has 0 saturated heterocycles. The lowest BCUT2D eigenvalue weighted by atomic mass is 10.2. The Kier molecular flexibility index (Phi) is 5.68. The number of nitrogens with one attached hydrogen (secondary N) is 1. The van der Waals surface area contributed by atoms with Crippen molar-refractivity contribution in [3.63, 3.8) is 0 Å². The van der Waals surface area contributed by atoms with E-state index >= 15 is 0 Å². The quantitative estimate of drug-likeness (QED) is 0.676. The fourth-order valence-corrected chi connectivity index (χ4v) is 3.25. The number of hydrogen-bond donors (Lipinski definition) is 1. The van der Waals surface area contributed by atoms with Gasteiger partial charge < -0.3 is 9.88 Å². The molecule has 5 nitrogen and oxygen atoms in total. The summed E-state index contributed by atoms with van der Waals surface area (Å²) < 4.78 is 14.9. The minimum absolute atomic E-state index is 0.0646. The molecular formula is C19H19FN4OS. The summed E-state index contributed by atoms with van der Waals surface area (Å²) in [5.74, 6) is 0.267. The first-order chi connectivity index (χ1) is 12.5. The molecule has 0 bridgehead atoms. The molecule has 1 aromatic heterocycles. The second-order valence-electron chi connectivity index (χ2n) is 5.84. The summed E-state index contributed by atoms with van der Waals surface area (Å²) in [6.07, 6.45) is 0. The van der Waals surface area contributed by atoms with E-state index in [0.717, 1.165) is 11.1 Å². The van der Waals surface area contributed by atoms with Crippen LogP contribution in [0.5, 0.6) is 0 Å². The molecule has 0 aliphatic carbocycles. The van der Waals surface area contributed by atoms with Gasteiger partial charge in [0.05, 0.1) is 5.25 Å². The zero-order valence-electron chi connectivity index (χ0n) is 14.5. The third-order valence-electron chi connectivity index (χ3n) is 3.90. The predicted molar refractivity (Wildman–Crippen MR) is 100 cm³/mol. The zero-order valence-corrected chi connectivity index (χ0v) is 15.3. The summed E-state index contributed by atoms with van der Waals surface area (Å²) in [5, 5.41) is 11.6. The van der Waals surface area contributed by atoms with E-state index in [0.29, 0.717) is 17.5 Å². The molecule has 134 valence electrons. The van der Waals surface area contributed by atoms with Crippen LogP contribution in [0, 0.1) is 5.82 Å². The molecule has 1 atom stereocenters. The lowest BCUT2D eigenvalue weighted by Crippen LogP contribution is -2.30. The summed E-state index contributed by atoms with van der Waals surface area (Å²) in [4.78, 5) is 12.3. The predicted octanol–water partition coefficient (Wildman–Crippen LogP) is 3.42. The Morgan fingerprint density at radius 2 is 1.85 bits per heavy atom. The zero-order chi connectivity index (χ0) is 18.5. The van der Waals surface area contributed by atoms with Crippen LogP contribution < -0.4 is 5.32 Å². The van der Waals surface area contributed by atoms with Gasteiger partial charge in [-0.05, 0) is 36.8 Å². The van der Waals surface area contributed by atoms with E-state index < -0.39 is 0 Å². The van der Waals surface area contributed by atoms with Crippen LogP contribution in [0.25, 0.3) is 11.4 Å². The molecule has 3 aromatic rings. The van der Waals surface area contributed by atoms with E-state index in [1.54, 1.807) is 16.7 Å². The van der Waals surface area contributed by atoms with E-state index in [2.05, 4.69) is 15.5 Å². The number of hydrogen-bond acceptors (Lipinski definition) is 4. The Bertz CT molecular complexity index is 880. The summed E-state index contributed by atoms with van der Waals surface area (Å²) in [5.41, 5.74) is 1.82. The Morgan fingerprint density at radius 1 is 1.15 bits per heavy atom. The fourth-order valence-electron chi connectivity index (χ4n) is 2.41. The molecule has 2 aromatic carbocycles. The van der Waals surface area contributed by atoms with Gasteiger partial charge in [-0.2, -0.15) is 0 Å². The number of halogens is 1. The lowest BCUT2D eigenvalue weighted by molar-refractivity contribution is -0.120. The monoisotopic (exact) mass is 370 g/mol. The number of carbonyl (C=O) groups is 1. The standard InChI is InChI=1S/C19H19FN4OS/c1-13(18(25)21-12-14-6-4-3-5-7-14)26-19-23-22-17(24(19)2)15-8-10-16(20)11-9-15/h3-11,13H,12H2,1-2H3,(H,21,25). The van der Waals surface area contributed by atoms with Crippen molar-refractivity contribution in [2.45, 2.75) is 23.9 Å². The average Bonchev–Trinajstić information content (AvgIpc) is 3.01. The molecule has 3 rings (SSSR count). The number of rotatable bonds is 6. The molecule has 0 aliphatic heterocycles. The van der Waals surface area contributed by atoms with Gasteiger partial charge in [-0.25, -0.2) is 4.39 Å². The maximum atomic E-state index is 13.1. The van der Waals surface area contributed by atoms with Gasteiger partial charge in [-0.1, -0.05) is 42.1 Å². The largest absolute Gasteiger partial charge is 0.351 e. The van der Waals surface area contributed by atoms with E-state index in [1.807, 2.05) is 44.3 Å². The SMILES string of the molecule is CC(Sc1nnc(-c2ccc(F)cc2)n1C)C(=O)NCc1ccccc1. The van der Waals surface area contributed by atoms with Crippen LogP contribution in [0.15, 0.2) is 59.8 Å². The molecule has 0 spiro atoms. The first-order valence-electron chi connectivity index (χ1n) is 8.18. The number of nitrogens with zero attached hydrogens (tertiary/aromatic N) is 3. The Morgan fingerprint density at radius 3 is 2.54 bits per heavy atom. The highest BCUT2D eigenvalue weighted by atomic mass is 32.2. The minimum Gasteiger partial charge on any atom is -0.351 e. The highest BCUT2D eigenvalue weighted by Crippen LogP contribution is 2.25. The van der Waals surface area contributed by atoms with Crippen molar-refractivity contribution in [1.82, 2.24) is 20.1 Å². The van der Waals surface area contributed by atoms with E-state index in [1.165, 1.54) is 23.9 Å². The van der Waals surface area contributed by atoms with Gasteiger partial charge in [-0.15, -0.1) is 10.2 Å². The van der Waals surface area contributed by atoms with E-state index in [-0.39, 0.29) is 17.0 Å². The molecule has 26 heavy (non-hydrogen) atoms. The van der Waals surface area contributed by atoms with Crippen LogP contribution in [0.4, 0.5) is 4.39 Å². The van der Waals surface area contributed by atoms with Crippen molar-refractivity contribution in [3.05, 3.63) is 66.0 Å². The summed E-state index contributed by atoms with van der Waals surface area (Å²) >= 11 is 1.34. The number of thioether (sulfide) groups is 1. The Hall–Kier alpha value is -2.67. The summed E-state index contributed by atoms with van der Waals surface area (Å²) in [6.45, 7) is 2.32. The number of carbonyl (C=O) groups excluding carboxylic acids is 1. The van der Waals surface area contributed by atoms with E-state index in [9.17, 15) is 9.18 Å². The van der Waals surface area contributed by atoms with Crippen LogP contribution in [0.3, 0.4) is 0 Å². The Labute approximate surface area is 155 Å². The third kappa shape index (κ3) is 4.29. The van der Waals surface area contributed by atoms with Gasteiger partial charge in [0.1, 0.15) is 5.82 Å². The second kappa shape index (κ2) is 8.14. The molecule has 0 aliphatic rings. The van der Waals surface area contributed by atoms with Crippen LogP contribution in [0.2, 0.25) is 0 Å². The summed E-state index contributed by atoms with van der Waals surface area (Å²) in [7, 11) is 1.83. The maximum Gasteiger partial charge on any atom is 0.233 e. The van der Waals surface area contributed by atoms with Crippen LogP contribution >= 0.6 is 11.8 Å². The van der Waals surface area contributed by atoms with Gasteiger partial charge >= 0.3 is 0 Å². The number of benzene rings is 2. The average molecular weight is 370 g/mol. The number of aromatic nitrogens is 3. The molecule has 1 unspecified atom stereocenters. The molecule has 7 heteroatoms. The Balaban J connectivity index is 1.63. The van der Waals surface area contributed by atoms with Crippen LogP contribution in [0.1, 0.15) is 12.5 Å². The normalized spacial score (nSPS) is 12.0. The first kappa shape index (κ1) is 18.1. The molecule has 0 fully saturated rings. The molecule has 1 heterocycles. The highest BCUT2D eigenvalue weighted by molar-refractivity contribution is 8.00. The fraction of sp³-hybridized carbons (Fsp3) is 0.211. The second-order valence-corrected chi connectivity index (χ2v) is 7.14. The van der Waals surface area contributed by atoms with Crippen LogP contribution in [-0.2, 0) is 18.4 Å². The summed E-state index contributed by atoms with van der Waals surface area (Å²) in [6, 6.07) is 15.8. The minimum atomic E-state index is -0.317. The van der Waals surface area contributed by atoms with Gasteiger partial charge in [0, 0.05) is 19.2 Å². The first-order valence-corrected chi connectivity index (χ1v) is 9.06. The number of amides is 1. The highest BCUT2D eigenvalue weighted by Gasteiger charge is 2.19. The van der Waals surface area contributed by atoms with Crippen molar-refractivity contribution in [2.24, 2.45) is 7.05 Å².